The maximum absolute atomic E-state index is 16.8. The summed E-state index contributed by atoms with van der Waals surface area (Å²) in [6.07, 6.45) is 2.21. The third-order valence-electron chi connectivity index (χ3n) is 32.1. The molecule has 8 fully saturated rings. The van der Waals surface area contributed by atoms with Crippen molar-refractivity contribution in [2.75, 3.05) is 129 Å². The van der Waals surface area contributed by atoms with Crippen LogP contribution in [0.15, 0.2) is 97.1 Å². The first-order valence-electron chi connectivity index (χ1n) is 51.5. The van der Waals surface area contributed by atoms with Gasteiger partial charge in [0.2, 0.25) is 23.6 Å². The van der Waals surface area contributed by atoms with E-state index in [1.54, 1.807) is 69.2 Å². The summed E-state index contributed by atoms with van der Waals surface area (Å²) in [5.41, 5.74) is 5.71. The summed E-state index contributed by atoms with van der Waals surface area (Å²) in [5, 5.41) is 5.18. The Bertz CT molecular complexity index is 5750. The Balaban J connectivity index is 0.000000222. The van der Waals surface area contributed by atoms with Crippen LogP contribution in [-0.2, 0) is 89.1 Å². The van der Waals surface area contributed by atoms with Gasteiger partial charge in [0.25, 0.3) is 0 Å². The van der Waals surface area contributed by atoms with Crippen LogP contribution in [0.3, 0.4) is 0 Å². The van der Waals surface area contributed by atoms with Gasteiger partial charge in [-0.25, -0.2) is 45.9 Å². The van der Waals surface area contributed by atoms with E-state index in [0.29, 0.717) is 185 Å². The van der Waals surface area contributed by atoms with Crippen molar-refractivity contribution < 1.29 is 112 Å². The fourth-order valence-corrected chi connectivity index (χ4v) is 26.9. The highest BCUT2D eigenvalue weighted by atomic mass is 28.3. The number of H-pyrrole nitrogens is 2. The summed E-state index contributed by atoms with van der Waals surface area (Å²) >= 11 is 0. The second kappa shape index (κ2) is 47.5. The molecule has 32 nitrogen and oxygen atoms in total. The number of methoxy groups -OCH3 is 8. The molecule has 148 heavy (non-hydrogen) atoms. The number of amides is 6. The molecule has 6 aromatic carbocycles. The number of alkyl carbamates (subject to hydrolysis) is 2. The zero-order chi connectivity index (χ0) is 106. The maximum atomic E-state index is 16.8. The molecule has 0 unspecified atom stereocenters. The highest BCUT2D eigenvalue weighted by Gasteiger charge is 2.48. The molecule has 2 aromatic heterocycles. The van der Waals surface area contributed by atoms with Gasteiger partial charge in [0, 0.05) is 128 Å². The molecule has 16 atom stereocenters. The molecule has 8 aromatic rings. The quantitative estimate of drug-likeness (QED) is 0.0126. The number of benzene rings is 6. The van der Waals surface area contributed by atoms with Crippen molar-refractivity contribution >= 4 is 120 Å². The van der Waals surface area contributed by atoms with Crippen LogP contribution in [0.2, 0.25) is 50.4 Å². The predicted molar refractivity (Wildman–Crippen MR) is 550 cm³/mol. The first-order chi connectivity index (χ1) is 70.7. The Hall–Kier alpha value is -12.0. The largest absolute Gasteiger partial charge is 0.469 e. The van der Waals surface area contributed by atoms with E-state index < -0.39 is 172 Å². The highest BCUT2D eigenvalue weighted by molar-refractivity contribution is 6.78. The Morgan fingerprint density at radius 2 is 0.703 bits per heavy atom. The number of anilines is 4. The lowest BCUT2D eigenvalue weighted by Gasteiger charge is -2.38. The summed E-state index contributed by atoms with van der Waals surface area (Å²) in [4.78, 5) is 163. The number of esters is 2. The van der Waals surface area contributed by atoms with Crippen molar-refractivity contribution in [3.63, 3.8) is 0 Å². The predicted octanol–water partition coefficient (Wildman–Crippen LogP) is 16.7. The number of halogens is 6. The SMILES string of the molecule is COC(=O)C[C@H](C(=O)N1CCC[C@H]1C(=O)Cc1ccc([C@@H]2CC[C@@H](c3cc4[nH]c([C@@H]5CCCN5C(=O)[C@@H](NC(=O)OC)[C@@H](C)OC)nc4cc3F)N2c2cc(F)c(N3CC[Si](C)(C)CC3)c(F)c2)cc1)[C@@H](C)OC.COC(=O)C[C@H](C(=O)N1CCC[C@H]1C(=O)Cc1ccc([C@H]2CC[C@H](c3cc4[nH]c([C@@H]5CCCN5C(=O)[C@@H](NC(=O)OC)[C@@H](C)OC)nc4cc3F)N2c2cc(F)c(N3CC[Si](C)(C)CC3)c(F)c2)cc1)[C@@H](C)OC. The van der Waals surface area contributed by atoms with E-state index in [1.165, 1.54) is 93.3 Å². The standard InChI is InChI=1S/2C54H70F3N7O9Si/c2*1-31(70-3)36(29-48(66)72-5)52(67)62-19-9-11-45(62)47(65)25-33-13-15-34(16-14-33)43-17-18-44(64(43)35-26-39(56)50(40(57)27-35)61-21-23-74(7,8)24-22-61)37-28-41-42(30-38(37)55)59-51(58-41)46-12-10-20-63(46)53(68)49(32(2)71-4)60-54(69)73-6/h2*13-16,26-28,30-32,36,43-46,49H,9-12,17-25,29H2,1-8H3,(H,58,59)(H,60,69)/t31-,32-,36+,43+,44+,45+,46+,49+;31-,32-,36+,43-,44-,45+,46+,49+/m11/s1. The Kier molecular flexibility index (Phi) is 35.3. The van der Waals surface area contributed by atoms with Gasteiger partial charge in [0.05, 0.1) is 164 Å². The van der Waals surface area contributed by atoms with Gasteiger partial charge in [0.15, 0.2) is 34.8 Å². The van der Waals surface area contributed by atoms with Crippen molar-refractivity contribution in [2.45, 2.75) is 266 Å². The maximum Gasteiger partial charge on any atom is 0.407 e. The number of fused-ring (bicyclic) bond motifs is 2. The summed E-state index contributed by atoms with van der Waals surface area (Å²) in [7, 11) is 7.85. The van der Waals surface area contributed by atoms with Crippen molar-refractivity contribution in [3.05, 3.63) is 177 Å². The van der Waals surface area contributed by atoms with Crippen LogP contribution in [0.4, 0.5) is 58.7 Å². The van der Waals surface area contributed by atoms with E-state index in [-0.39, 0.29) is 83.6 Å². The molecule has 40 heteroatoms. The summed E-state index contributed by atoms with van der Waals surface area (Å²) in [6, 6.07) is 23.4. The minimum absolute atomic E-state index is 0.0443. The average Bonchev–Trinajstić information content (AvgIpc) is 1.60. The molecule has 0 saturated carbocycles. The number of hydrogen-bond acceptors (Lipinski definition) is 24. The van der Waals surface area contributed by atoms with E-state index in [0.717, 1.165) is 35.3 Å². The lowest BCUT2D eigenvalue weighted by molar-refractivity contribution is -0.151. The van der Waals surface area contributed by atoms with Crippen molar-refractivity contribution in [3.8, 4) is 0 Å². The fraction of sp³-hybridized carbons (Fsp3) is 0.556. The van der Waals surface area contributed by atoms with E-state index in [2.05, 4.69) is 46.8 Å². The molecule has 0 bridgehead atoms. The van der Waals surface area contributed by atoms with Crippen LogP contribution in [-0.4, -0.2) is 273 Å². The van der Waals surface area contributed by atoms with Gasteiger partial charge in [-0.05, 0) is 188 Å². The molecule has 8 aliphatic rings. The molecule has 0 radical (unpaired) electrons. The van der Waals surface area contributed by atoms with E-state index in [4.69, 9.17) is 47.9 Å². The number of ether oxygens (including phenoxy) is 8. The Morgan fingerprint density at radius 1 is 0.378 bits per heavy atom. The van der Waals surface area contributed by atoms with Gasteiger partial charge in [-0.3, -0.25) is 38.4 Å². The minimum atomic E-state index is -1.46. The number of carbonyl (C=O) groups excluding carboxylic acids is 10. The van der Waals surface area contributed by atoms with Crippen molar-refractivity contribution in [1.82, 2.24) is 50.2 Å². The van der Waals surface area contributed by atoms with Gasteiger partial charge in [-0.2, -0.15) is 0 Å². The molecule has 0 aliphatic carbocycles. The second-order valence-corrected chi connectivity index (χ2v) is 52.8. The number of nitrogens with zero attached hydrogens (tertiary/aromatic N) is 10. The van der Waals surface area contributed by atoms with Crippen LogP contribution < -0.4 is 30.2 Å². The molecule has 16 rings (SSSR count). The third kappa shape index (κ3) is 24.0. The number of Topliss-reactive ketones (excluding diaryl/α,β-unsaturated/α-hetero) is 2. The van der Waals surface area contributed by atoms with Gasteiger partial charge in [-0.15, -0.1) is 0 Å². The lowest BCUT2D eigenvalue weighted by atomic mass is 9.95. The highest BCUT2D eigenvalue weighted by Crippen LogP contribution is 2.53. The summed E-state index contributed by atoms with van der Waals surface area (Å²) < 4.78 is 141. The molecular weight excluding hydrogens is 1950 g/mol. The number of nitrogens with one attached hydrogen (secondary N) is 4. The topological polar surface area (TPSA) is 352 Å². The van der Waals surface area contributed by atoms with Gasteiger partial charge in [0.1, 0.15) is 46.7 Å². The molecule has 0 spiro atoms. The van der Waals surface area contributed by atoms with E-state index >= 15 is 26.3 Å². The normalized spacial score (nSPS) is 22.4. The van der Waals surface area contributed by atoms with Gasteiger partial charge in [-0.1, -0.05) is 74.7 Å². The minimum Gasteiger partial charge on any atom is -0.469 e. The number of carbonyl (C=O) groups is 10. The number of aromatic amines is 2. The van der Waals surface area contributed by atoms with Gasteiger partial charge < -0.3 is 97.7 Å². The molecule has 10 heterocycles. The number of ketones is 2. The average molecular weight is 2090 g/mol. The smallest absolute Gasteiger partial charge is 0.407 e. The number of hydrogen-bond donors (Lipinski definition) is 4. The molecular formula is C108H140F6N14O18Si2. The van der Waals surface area contributed by atoms with E-state index in [9.17, 15) is 47.9 Å². The Morgan fingerprint density at radius 3 is 1.03 bits per heavy atom. The van der Waals surface area contributed by atoms with Crippen molar-refractivity contribution in [1.29, 1.82) is 0 Å². The number of likely N-dealkylation sites (tertiary alicyclic amines) is 4. The van der Waals surface area contributed by atoms with Crippen LogP contribution in [0.25, 0.3) is 22.1 Å². The molecule has 8 aliphatic heterocycles. The zero-order valence-corrected chi connectivity index (χ0v) is 89.4. The third-order valence-corrected chi connectivity index (χ3v) is 38.4. The van der Waals surface area contributed by atoms with Crippen LogP contribution in [0, 0.1) is 46.7 Å². The lowest BCUT2D eigenvalue weighted by Crippen LogP contribution is -2.54. The summed E-state index contributed by atoms with van der Waals surface area (Å²) in [5.74, 6) is -7.40. The number of rotatable bonds is 34. The Labute approximate surface area is 861 Å². The number of imidazole rings is 2. The summed E-state index contributed by atoms with van der Waals surface area (Å²) in [6.45, 7) is 19.7. The second-order valence-electron chi connectivity index (χ2n) is 42.2. The zero-order valence-electron chi connectivity index (χ0n) is 87.4. The van der Waals surface area contributed by atoms with Crippen LogP contribution >= 0.6 is 0 Å². The molecule has 8 saturated heterocycles. The molecule has 4 N–H and O–H groups in total. The van der Waals surface area contributed by atoms with Gasteiger partial charge >= 0.3 is 24.1 Å². The fourth-order valence-electron chi connectivity index (χ4n) is 22.9. The molecule has 6 amide bonds. The first-order valence-corrected chi connectivity index (χ1v) is 58.4. The monoisotopic (exact) mass is 2090 g/mol. The van der Waals surface area contributed by atoms with E-state index in [1.807, 2.05) is 58.3 Å². The number of aromatic nitrogens is 4. The molecule has 800 valence electrons. The van der Waals surface area contributed by atoms with Crippen LogP contribution in [0.5, 0.6) is 0 Å². The van der Waals surface area contributed by atoms with Crippen molar-refractivity contribution in [2.24, 2.45) is 11.8 Å². The van der Waals surface area contributed by atoms with Crippen LogP contribution in [0.1, 0.15) is 199 Å². The first kappa shape index (κ1) is 110.